The molecule has 0 aliphatic carbocycles. The standard InChI is InChI=1S/C39H35B10N3O/c40-26-23(27(41)31(45)34(48)30(26)44)16-12-14-18(15-13-16)38-50-37(17-6-2-1-3-7-17)51-39(52-38)21-10-5-11-22-24(21)19-8-4-9-20(36(19)53-22)25-28(42)32(46)35(49)33(47)29(25)43/h1-15H,40-49H2. The first-order valence-electron chi connectivity index (χ1n) is 18.5. The van der Waals surface area contributed by atoms with Gasteiger partial charge in [-0.25, -0.2) is 15.0 Å². The number of aromatic nitrogens is 3. The van der Waals surface area contributed by atoms with E-state index < -0.39 is 0 Å². The molecule has 8 rings (SSSR count). The molecule has 0 amide bonds. The third-order valence-electron chi connectivity index (χ3n) is 12.1. The van der Waals surface area contributed by atoms with Crippen molar-refractivity contribution in [3.63, 3.8) is 0 Å². The van der Waals surface area contributed by atoms with Crippen molar-refractivity contribution < 1.29 is 4.42 Å². The predicted octanol–water partition coefficient (Wildman–Crippen LogP) is -7.31. The molecule has 0 aliphatic heterocycles. The summed E-state index contributed by atoms with van der Waals surface area (Å²) in [4.78, 5) is 15.4. The SMILES string of the molecule is Bc1c(B)c(B)c(-c2ccc(-c3nc(-c4ccccc4)nc(-c4cccc5oc6c(-c7c(B)c(B)c(B)c(B)c7B)cccc6c45)n3)cc2)c(B)c1B. The molecule has 2 heterocycles. The summed E-state index contributed by atoms with van der Waals surface area (Å²) in [6.45, 7) is 0. The average Bonchev–Trinajstić information content (AvgIpc) is 3.58. The van der Waals surface area contributed by atoms with Gasteiger partial charge in [0.1, 0.15) is 89.6 Å². The molecule has 0 spiro atoms. The van der Waals surface area contributed by atoms with Gasteiger partial charge in [-0.1, -0.05) is 107 Å². The molecule has 14 heteroatoms. The van der Waals surface area contributed by atoms with Crippen LogP contribution in [0, 0.1) is 0 Å². The monoisotopic (exact) mass is 671 g/mol. The molecule has 242 valence electrons. The summed E-state index contributed by atoms with van der Waals surface area (Å²) in [6, 6.07) is 31.5. The molecule has 4 nitrogen and oxygen atoms in total. The van der Waals surface area contributed by atoms with E-state index in [0.29, 0.717) is 17.5 Å². The smallest absolute Gasteiger partial charge is 0.164 e. The highest BCUT2D eigenvalue weighted by Gasteiger charge is 2.22. The minimum Gasteiger partial charge on any atom is -0.455 e. The zero-order chi connectivity index (χ0) is 37.3. The van der Waals surface area contributed by atoms with Gasteiger partial charge in [0.05, 0.1) is 0 Å². The molecular weight excluding hydrogens is 635 g/mol. The van der Waals surface area contributed by atoms with E-state index in [1.807, 2.05) is 30.3 Å². The normalized spacial score (nSPS) is 11.4. The van der Waals surface area contributed by atoms with Crippen LogP contribution in [0.15, 0.2) is 95.4 Å². The molecule has 8 aromatic rings. The van der Waals surface area contributed by atoms with E-state index in [2.05, 4.69) is 139 Å². The third kappa shape index (κ3) is 5.66. The summed E-state index contributed by atoms with van der Waals surface area (Å²) >= 11 is 0. The second kappa shape index (κ2) is 13.3. The molecule has 0 atom stereocenters. The van der Waals surface area contributed by atoms with Crippen molar-refractivity contribution in [1.29, 1.82) is 0 Å². The number of hydrogen-bond donors (Lipinski definition) is 0. The van der Waals surface area contributed by atoms with Crippen LogP contribution >= 0.6 is 0 Å². The van der Waals surface area contributed by atoms with Crippen LogP contribution < -0.4 is 54.6 Å². The highest BCUT2D eigenvalue weighted by Crippen LogP contribution is 2.39. The minimum atomic E-state index is 0.613. The van der Waals surface area contributed by atoms with Gasteiger partial charge in [-0.2, -0.15) is 0 Å². The summed E-state index contributed by atoms with van der Waals surface area (Å²) in [7, 11) is 22.3. The van der Waals surface area contributed by atoms with Gasteiger partial charge >= 0.3 is 0 Å². The van der Waals surface area contributed by atoms with Crippen LogP contribution in [0.2, 0.25) is 0 Å². The highest BCUT2D eigenvalue weighted by atomic mass is 16.3. The largest absolute Gasteiger partial charge is 0.455 e. The Morgan fingerprint density at radius 3 is 1.40 bits per heavy atom. The van der Waals surface area contributed by atoms with Gasteiger partial charge in [-0.05, 0) is 22.8 Å². The van der Waals surface area contributed by atoms with E-state index in [9.17, 15) is 0 Å². The van der Waals surface area contributed by atoms with E-state index in [1.165, 1.54) is 71.3 Å². The van der Waals surface area contributed by atoms with Gasteiger partial charge in [0, 0.05) is 33.0 Å². The Bertz CT molecular complexity index is 2730. The second-order valence-electron chi connectivity index (χ2n) is 14.7. The summed E-state index contributed by atoms with van der Waals surface area (Å²) in [5.41, 5.74) is 22.6. The third-order valence-corrected chi connectivity index (χ3v) is 12.1. The number of furan rings is 1. The van der Waals surface area contributed by atoms with Crippen molar-refractivity contribution in [2.45, 2.75) is 0 Å². The number of hydrogen-bond acceptors (Lipinski definition) is 4. The van der Waals surface area contributed by atoms with E-state index in [1.54, 1.807) is 0 Å². The topological polar surface area (TPSA) is 51.8 Å². The summed E-state index contributed by atoms with van der Waals surface area (Å²) in [5, 5.41) is 2.05. The van der Waals surface area contributed by atoms with E-state index in [4.69, 9.17) is 19.4 Å². The molecule has 0 saturated heterocycles. The Kier molecular flexibility index (Phi) is 8.76. The Hall–Kier alpha value is -5.22. The van der Waals surface area contributed by atoms with Crippen molar-refractivity contribution >= 4 is 155 Å². The average molecular weight is 670 g/mol. The van der Waals surface area contributed by atoms with E-state index in [0.717, 1.165) is 44.2 Å². The maximum absolute atomic E-state index is 6.78. The number of para-hydroxylation sites is 1. The number of fused-ring (bicyclic) bond motifs is 3. The van der Waals surface area contributed by atoms with Crippen molar-refractivity contribution in [3.8, 4) is 56.4 Å². The lowest BCUT2D eigenvalue weighted by molar-refractivity contribution is 0.670. The quantitative estimate of drug-likeness (QED) is 0.171. The molecule has 0 saturated carbocycles. The van der Waals surface area contributed by atoms with Gasteiger partial charge in [-0.3, -0.25) is 0 Å². The van der Waals surface area contributed by atoms with E-state index in [-0.39, 0.29) is 0 Å². The van der Waals surface area contributed by atoms with Gasteiger partial charge < -0.3 is 4.42 Å². The van der Waals surface area contributed by atoms with Gasteiger partial charge in [0.2, 0.25) is 0 Å². The molecule has 6 aromatic carbocycles. The first-order chi connectivity index (χ1) is 25.5. The minimum absolute atomic E-state index is 0.613. The lowest BCUT2D eigenvalue weighted by Crippen LogP contribution is -2.55. The molecule has 53 heavy (non-hydrogen) atoms. The molecule has 0 aliphatic rings. The summed E-state index contributed by atoms with van der Waals surface area (Å²) < 4.78 is 6.78. The molecule has 0 fully saturated rings. The van der Waals surface area contributed by atoms with Crippen molar-refractivity contribution in [2.75, 3.05) is 0 Å². The van der Waals surface area contributed by atoms with Crippen LogP contribution in [0.25, 0.3) is 78.4 Å². The van der Waals surface area contributed by atoms with Crippen LogP contribution in [-0.2, 0) is 0 Å². The van der Waals surface area contributed by atoms with Gasteiger partial charge in [0.15, 0.2) is 17.5 Å². The Balaban J connectivity index is 1.32. The van der Waals surface area contributed by atoms with Crippen molar-refractivity contribution in [1.82, 2.24) is 15.0 Å². The summed E-state index contributed by atoms with van der Waals surface area (Å²) in [6.07, 6.45) is 0. The van der Waals surface area contributed by atoms with Crippen molar-refractivity contribution in [3.05, 3.63) is 91.0 Å². The van der Waals surface area contributed by atoms with Gasteiger partial charge in [0.25, 0.3) is 0 Å². The zero-order valence-electron chi connectivity index (χ0n) is 32.4. The molecule has 0 bridgehead atoms. The molecule has 2 aromatic heterocycles. The molecule has 0 radical (unpaired) electrons. The predicted molar refractivity (Wildman–Crippen MR) is 256 cm³/mol. The highest BCUT2D eigenvalue weighted by molar-refractivity contribution is 6.70. The number of nitrogens with zero attached hydrogens (tertiary/aromatic N) is 3. The zero-order valence-corrected chi connectivity index (χ0v) is 32.4. The van der Waals surface area contributed by atoms with Crippen LogP contribution in [0.4, 0.5) is 0 Å². The maximum atomic E-state index is 6.78. The first-order valence-corrected chi connectivity index (χ1v) is 18.5. The number of rotatable bonds is 5. The Morgan fingerprint density at radius 1 is 0.358 bits per heavy atom. The van der Waals surface area contributed by atoms with Crippen LogP contribution in [0.3, 0.4) is 0 Å². The Labute approximate surface area is 320 Å². The first kappa shape index (κ1) is 34.8. The number of benzene rings is 6. The fraction of sp³-hybridized carbons (Fsp3) is 0. The second-order valence-corrected chi connectivity index (χ2v) is 14.7. The summed E-state index contributed by atoms with van der Waals surface area (Å²) in [5.74, 6) is 1.88. The van der Waals surface area contributed by atoms with E-state index >= 15 is 0 Å². The van der Waals surface area contributed by atoms with Crippen LogP contribution in [0.5, 0.6) is 0 Å². The fourth-order valence-corrected chi connectivity index (χ4v) is 8.20. The lowest BCUT2D eigenvalue weighted by atomic mass is 9.59. The van der Waals surface area contributed by atoms with Crippen LogP contribution in [0.1, 0.15) is 0 Å². The molecule has 0 N–H and O–H groups in total. The maximum Gasteiger partial charge on any atom is 0.164 e. The van der Waals surface area contributed by atoms with Gasteiger partial charge in [-0.15, -0.1) is 32.8 Å². The fourth-order valence-electron chi connectivity index (χ4n) is 8.20. The molecular formula is C39H35B10N3O. The van der Waals surface area contributed by atoms with Crippen molar-refractivity contribution in [2.24, 2.45) is 0 Å². The Morgan fingerprint density at radius 2 is 0.811 bits per heavy atom. The molecule has 0 unspecified atom stereocenters. The lowest BCUT2D eigenvalue weighted by Gasteiger charge is -2.20. The van der Waals surface area contributed by atoms with Crippen LogP contribution in [-0.4, -0.2) is 93.4 Å².